The van der Waals surface area contributed by atoms with Crippen molar-refractivity contribution >= 4 is 5.97 Å². The van der Waals surface area contributed by atoms with Crippen molar-refractivity contribution in [3.05, 3.63) is 23.3 Å². The second kappa shape index (κ2) is 8.72. The summed E-state index contributed by atoms with van der Waals surface area (Å²) in [6.45, 7) is 19.9. The lowest BCUT2D eigenvalue weighted by Crippen LogP contribution is -2.59. The predicted octanol–water partition coefficient (Wildman–Crippen LogP) is 6.76. The number of carbonyl (C=O) groups is 1. The monoisotopic (exact) mass is 486 g/mol. The van der Waals surface area contributed by atoms with Crippen LogP contribution in [0.3, 0.4) is 0 Å². The van der Waals surface area contributed by atoms with E-state index in [4.69, 9.17) is 0 Å². The highest BCUT2D eigenvalue weighted by Crippen LogP contribution is 2.72. The smallest absolute Gasteiger partial charge is 0.306 e. The zero-order valence-corrected chi connectivity index (χ0v) is 23.3. The van der Waals surface area contributed by atoms with Gasteiger partial charge in [0.05, 0.1) is 18.1 Å². The highest BCUT2D eigenvalue weighted by Gasteiger charge is 2.65. The lowest BCUT2D eigenvalue weighted by atomic mass is 9.43. The summed E-state index contributed by atoms with van der Waals surface area (Å²) in [6, 6.07) is 0. The van der Waals surface area contributed by atoms with Crippen molar-refractivity contribution in [2.75, 3.05) is 0 Å². The molecule has 4 heteroatoms. The van der Waals surface area contributed by atoms with Gasteiger partial charge in [0.15, 0.2) is 0 Å². The van der Waals surface area contributed by atoms with E-state index in [0.717, 1.165) is 50.5 Å². The first-order valence-electron chi connectivity index (χ1n) is 14.1. The molecule has 0 aliphatic heterocycles. The fourth-order valence-electron chi connectivity index (χ4n) is 9.64. The van der Waals surface area contributed by atoms with E-state index in [2.05, 4.69) is 55.0 Å². The molecule has 4 aliphatic carbocycles. The number of aliphatic hydroxyl groups is 2. The van der Waals surface area contributed by atoms with Crippen LogP contribution in [0, 0.1) is 45.3 Å². The van der Waals surface area contributed by atoms with Gasteiger partial charge in [0, 0.05) is 0 Å². The van der Waals surface area contributed by atoms with E-state index in [0.29, 0.717) is 24.7 Å². The number of hydrogen-bond acceptors (Lipinski definition) is 3. The van der Waals surface area contributed by atoms with Crippen LogP contribution in [0.4, 0.5) is 0 Å². The Bertz CT molecular complexity index is 915. The number of rotatable bonds is 6. The van der Waals surface area contributed by atoms with Crippen LogP contribution in [0.15, 0.2) is 23.3 Å². The number of allylic oxidation sites excluding steroid dienone is 3. The molecule has 198 valence electrons. The normalized spacial score (nSPS) is 43.4. The molecule has 35 heavy (non-hydrogen) atoms. The number of fused-ring (bicyclic) bond motifs is 4. The third kappa shape index (κ3) is 3.79. The number of hydrogen-bond donors (Lipinski definition) is 3. The van der Waals surface area contributed by atoms with Crippen molar-refractivity contribution in [1.29, 1.82) is 0 Å². The summed E-state index contributed by atoms with van der Waals surface area (Å²) in [6.07, 6.45) is 6.86. The van der Waals surface area contributed by atoms with Crippen molar-refractivity contribution in [2.45, 2.75) is 118 Å². The van der Waals surface area contributed by atoms with E-state index >= 15 is 0 Å². The van der Waals surface area contributed by atoms with Crippen molar-refractivity contribution in [1.82, 2.24) is 0 Å². The Morgan fingerprint density at radius 3 is 2.29 bits per heavy atom. The lowest BCUT2D eigenvalue weighted by molar-refractivity contribution is -0.158. The molecule has 0 saturated heterocycles. The summed E-state index contributed by atoms with van der Waals surface area (Å²) in [5, 5.41) is 32.0. The van der Waals surface area contributed by atoms with Gasteiger partial charge < -0.3 is 15.3 Å². The molecule has 4 nitrogen and oxygen atoms in total. The molecule has 0 bridgehead atoms. The number of aliphatic carboxylic acids is 1. The summed E-state index contributed by atoms with van der Waals surface area (Å²) in [7, 11) is 0. The predicted molar refractivity (Wildman–Crippen MR) is 141 cm³/mol. The zero-order valence-electron chi connectivity index (χ0n) is 23.3. The van der Waals surface area contributed by atoms with Gasteiger partial charge in [-0.05, 0) is 97.2 Å². The molecule has 4 rings (SSSR count). The Morgan fingerprint density at radius 1 is 1.03 bits per heavy atom. The minimum absolute atomic E-state index is 0.00709. The van der Waals surface area contributed by atoms with Crippen molar-refractivity contribution in [3.8, 4) is 0 Å². The van der Waals surface area contributed by atoms with Gasteiger partial charge in [-0.15, -0.1) is 0 Å². The molecular formula is C31H50O4. The highest BCUT2D eigenvalue weighted by molar-refractivity contribution is 5.70. The first-order chi connectivity index (χ1) is 16.1. The Hall–Kier alpha value is -1.13. The van der Waals surface area contributed by atoms with E-state index in [1.807, 2.05) is 0 Å². The van der Waals surface area contributed by atoms with Crippen LogP contribution in [0.1, 0.15) is 106 Å². The zero-order chi connectivity index (χ0) is 26.1. The molecule has 0 aromatic heterocycles. The third-order valence-electron chi connectivity index (χ3n) is 12.2. The quantitative estimate of drug-likeness (QED) is 0.362. The second-order valence-electron chi connectivity index (χ2n) is 14.2. The van der Waals surface area contributed by atoms with E-state index < -0.39 is 18.2 Å². The topological polar surface area (TPSA) is 77.8 Å². The van der Waals surface area contributed by atoms with Gasteiger partial charge in [-0.1, -0.05) is 71.8 Å². The SMILES string of the molecule is C=C(CC[C@@H](C(=O)O)[C@@H]1CC[C@@]2(C)C3=C(CC[C@]12C)[C@@]1(C)C[C@H](O)[C@H](O)C(C)(C)[C@H]1CC3)C(C)C. The minimum atomic E-state index is -0.694. The number of aliphatic hydroxyl groups excluding tert-OH is 2. The molecule has 0 unspecified atom stereocenters. The van der Waals surface area contributed by atoms with Crippen LogP contribution < -0.4 is 0 Å². The van der Waals surface area contributed by atoms with Crippen LogP contribution >= 0.6 is 0 Å². The molecular weight excluding hydrogens is 436 g/mol. The Kier molecular flexibility index (Phi) is 6.71. The Morgan fingerprint density at radius 2 is 1.69 bits per heavy atom. The van der Waals surface area contributed by atoms with Crippen LogP contribution in [0.5, 0.6) is 0 Å². The van der Waals surface area contributed by atoms with Crippen molar-refractivity contribution in [3.63, 3.8) is 0 Å². The summed E-state index contributed by atoms with van der Waals surface area (Å²) >= 11 is 0. The van der Waals surface area contributed by atoms with Gasteiger partial charge in [0.1, 0.15) is 0 Å². The molecule has 0 spiro atoms. The van der Waals surface area contributed by atoms with Gasteiger partial charge in [0.2, 0.25) is 0 Å². The summed E-state index contributed by atoms with van der Waals surface area (Å²) in [5.74, 6) is -0.0396. The maximum atomic E-state index is 12.6. The number of carboxylic acids is 1. The third-order valence-corrected chi connectivity index (χ3v) is 12.2. The standard InChI is InChI=1S/C31H50O4/c1-18(2)19(3)9-10-20(27(34)35)21-13-15-31(8)23-11-12-25-28(4,5)26(33)24(32)17-29(25,6)22(23)14-16-30(21,31)7/h18,20-21,24-26,32-33H,3,9-17H2,1-2,4-8H3,(H,34,35)/t20-,21+,24+,25-,26+,29-,30-,31+/m1/s1. The van der Waals surface area contributed by atoms with Gasteiger partial charge in [-0.25, -0.2) is 0 Å². The molecule has 2 fully saturated rings. The molecule has 8 atom stereocenters. The van der Waals surface area contributed by atoms with Crippen LogP contribution in [-0.4, -0.2) is 33.5 Å². The minimum Gasteiger partial charge on any atom is -0.481 e. The molecule has 2 saturated carbocycles. The summed E-state index contributed by atoms with van der Waals surface area (Å²) < 4.78 is 0. The largest absolute Gasteiger partial charge is 0.481 e. The molecule has 0 aromatic carbocycles. The molecule has 4 aliphatic rings. The van der Waals surface area contributed by atoms with Gasteiger partial charge in [-0.2, -0.15) is 0 Å². The summed E-state index contributed by atoms with van der Waals surface area (Å²) in [4.78, 5) is 12.6. The molecule has 0 radical (unpaired) electrons. The van der Waals surface area contributed by atoms with E-state index in [1.54, 1.807) is 5.57 Å². The van der Waals surface area contributed by atoms with Gasteiger partial charge in [0.25, 0.3) is 0 Å². The first kappa shape index (κ1) is 26.9. The number of carboxylic acid groups (broad SMARTS) is 1. The van der Waals surface area contributed by atoms with E-state index in [-0.39, 0.29) is 33.5 Å². The Labute approximate surface area is 213 Å². The fraction of sp³-hybridized carbons (Fsp3) is 0.839. The maximum absolute atomic E-state index is 12.6. The van der Waals surface area contributed by atoms with Crippen LogP contribution in [-0.2, 0) is 4.79 Å². The van der Waals surface area contributed by atoms with Crippen LogP contribution in [0.2, 0.25) is 0 Å². The fourth-order valence-corrected chi connectivity index (χ4v) is 9.64. The maximum Gasteiger partial charge on any atom is 0.306 e. The average Bonchev–Trinajstić information content (AvgIpc) is 3.03. The van der Waals surface area contributed by atoms with Crippen molar-refractivity contribution in [2.24, 2.45) is 45.3 Å². The Balaban J connectivity index is 1.69. The summed E-state index contributed by atoms with van der Waals surface area (Å²) in [5.41, 5.74) is 3.82. The lowest BCUT2D eigenvalue weighted by Gasteiger charge is -2.62. The first-order valence-corrected chi connectivity index (χ1v) is 14.1. The van der Waals surface area contributed by atoms with Crippen LogP contribution in [0.25, 0.3) is 0 Å². The van der Waals surface area contributed by atoms with Crippen molar-refractivity contribution < 1.29 is 20.1 Å². The second-order valence-corrected chi connectivity index (χ2v) is 14.2. The molecule has 0 aromatic rings. The molecule has 0 heterocycles. The molecule has 3 N–H and O–H groups in total. The molecule has 0 amide bonds. The average molecular weight is 487 g/mol. The van der Waals surface area contributed by atoms with E-state index in [9.17, 15) is 20.1 Å². The van der Waals surface area contributed by atoms with E-state index in [1.165, 1.54) is 5.57 Å². The highest BCUT2D eigenvalue weighted by atomic mass is 16.4. The van der Waals surface area contributed by atoms with Gasteiger partial charge in [-0.3, -0.25) is 4.79 Å². The van der Waals surface area contributed by atoms with Gasteiger partial charge >= 0.3 is 5.97 Å².